The fourth-order valence-electron chi connectivity index (χ4n) is 3.92. The van der Waals surface area contributed by atoms with Crippen molar-refractivity contribution < 1.29 is 4.74 Å². The molecule has 3 heterocycles. The van der Waals surface area contributed by atoms with Crippen molar-refractivity contribution in [3.05, 3.63) is 88.0 Å². The highest BCUT2D eigenvalue weighted by molar-refractivity contribution is 6.30. The first kappa shape index (κ1) is 17.5. The summed E-state index contributed by atoms with van der Waals surface area (Å²) in [7, 11) is 0. The predicted octanol–water partition coefficient (Wildman–Crippen LogP) is 4.96. The number of pyridine rings is 2. The molecule has 2 N–H and O–H groups in total. The molecule has 1 unspecified atom stereocenters. The van der Waals surface area contributed by atoms with E-state index >= 15 is 0 Å². The standard InChI is InChI=1S/C23H15ClN4O/c1-12-4-2-5-14-10-16(22(24)28-19(12)14)18-15-8-7-13-6-3-9-27-20(13)21(15)29-23(26)17(18)11-25/h2-10,18H,26H2,1H3. The summed E-state index contributed by atoms with van der Waals surface area (Å²) in [6, 6.07) is 17.8. The molecule has 5 rings (SSSR count). The predicted molar refractivity (Wildman–Crippen MR) is 113 cm³/mol. The van der Waals surface area contributed by atoms with Crippen LogP contribution in [0.1, 0.15) is 22.6 Å². The second-order valence-corrected chi connectivity index (χ2v) is 7.36. The second-order valence-electron chi connectivity index (χ2n) is 7.00. The van der Waals surface area contributed by atoms with E-state index in [1.54, 1.807) is 6.20 Å². The van der Waals surface area contributed by atoms with Gasteiger partial charge in [0.1, 0.15) is 22.3 Å². The highest BCUT2D eigenvalue weighted by Gasteiger charge is 2.34. The Bertz CT molecular complexity index is 1390. The molecule has 0 amide bonds. The van der Waals surface area contributed by atoms with Gasteiger partial charge in [0.15, 0.2) is 5.75 Å². The maximum Gasteiger partial charge on any atom is 0.205 e. The number of allylic oxidation sites excluding steroid dienone is 1. The first-order valence-corrected chi connectivity index (χ1v) is 9.47. The molecule has 0 aliphatic carbocycles. The molecule has 4 aromatic rings. The summed E-state index contributed by atoms with van der Waals surface area (Å²) in [5, 5.41) is 12.1. The highest BCUT2D eigenvalue weighted by Crippen LogP contribution is 2.46. The van der Waals surface area contributed by atoms with E-state index in [-0.39, 0.29) is 5.88 Å². The number of para-hydroxylation sites is 1. The van der Waals surface area contributed by atoms with Gasteiger partial charge in [0.2, 0.25) is 5.88 Å². The van der Waals surface area contributed by atoms with E-state index in [0.717, 1.165) is 27.4 Å². The summed E-state index contributed by atoms with van der Waals surface area (Å²) in [6.45, 7) is 1.99. The third-order valence-electron chi connectivity index (χ3n) is 5.30. The van der Waals surface area contributed by atoms with Crippen LogP contribution in [0.3, 0.4) is 0 Å². The van der Waals surface area contributed by atoms with Crippen molar-refractivity contribution in [3.63, 3.8) is 0 Å². The molecule has 5 nitrogen and oxygen atoms in total. The Kier molecular flexibility index (Phi) is 3.90. The van der Waals surface area contributed by atoms with Gasteiger partial charge in [-0.3, -0.25) is 4.98 Å². The Balaban J connectivity index is 1.83. The van der Waals surface area contributed by atoms with Crippen molar-refractivity contribution in [1.82, 2.24) is 9.97 Å². The molecule has 6 heteroatoms. The number of fused-ring (bicyclic) bond motifs is 4. The van der Waals surface area contributed by atoms with E-state index in [1.165, 1.54) is 0 Å². The molecule has 29 heavy (non-hydrogen) atoms. The van der Waals surface area contributed by atoms with Crippen LogP contribution in [0.2, 0.25) is 5.15 Å². The molecular weight excluding hydrogens is 384 g/mol. The number of nitriles is 1. The summed E-state index contributed by atoms with van der Waals surface area (Å²) in [5.74, 6) is 0.119. The fourth-order valence-corrected chi connectivity index (χ4v) is 4.17. The number of hydrogen-bond donors (Lipinski definition) is 1. The lowest BCUT2D eigenvalue weighted by molar-refractivity contribution is 0.397. The van der Waals surface area contributed by atoms with Crippen LogP contribution >= 0.6 is 11.6 Å². The molecule has 2 aromatic heterocycles. The van der Waals surface area contributed by atoms with Gasteiger partial charge in [-0.25, -0.2) is 4.98 Å². The SMILES string of the molecule is Cc1cccc2cc(C3C(C#N)=C(N)Oc4c3ccc3cccnc43)c(Cl)nc12. The summed E-state index contributed by atoms with van der Waals surface area (Å²) in [6.07, 6.45) is 1.70. The molecule has 0 bridgehead atoms. The van der Waals surface area contributed by atoms with Crippen molar-refractivity contribution in [3.8, 4) is 11.8 Å². The number of hydrogen-bond acceptors (Lipinski definition) is 5. The fraction of sp³-hybridized carbons (Fsp3) is 0.0870. The second kappa shape index (κ2) is 6.47. The molecule has 1 atom stereocenters. The van der Waals surface area contributed by atoms with E-state index in [9.17, 15) is 5.26 Å². The highest BCUT2D eigenvalue weighted by atomic mass is 35.5. The maximum absolute atomic E-state index is 9.83. The first-order chi connectivity index (χ1) is 14.1. The molecule has 140 valence electrons. The van der Waals surface area contributed by atoms with Gasteiger partial charge in [0, 0.05) is 28.1 Å². The lowest BCUT2D eigenvalue weighted by atomic mass is 9.83. The van der Waals surface area contributed by atoms with Crippen LogP contribution in [0.15, 0.2) is 66.2 Å². The molecular formula is C23H15ClN4O. The number of aryl methyl sites for hydroxylation is 1. The zero-order chi connectivity index (χ0) is 20.1. The zero-order valence-electron chi connectivity index (χ0n) is 15.5. The lowest BCUT2D eigenvalue weighted by Gasteiger charge is -2.27. The lowest BCUT2D eigenvalue weighted by Crippen LogP contribution is -2.21. The molecule has 2 aromatic carbocycles. The Morgan fingerprint density at radius 3 is 2.72 bits per heavy atom. The van der Waals surface area contributed by atoms with Gasteiger partial charge in [-0.2, -0.15) is 5.26 Å². The number of nitrogens with two attached hydrogens (primary N) is 1. The van der Waals surface area contributed by atoms with Crippen LogP contribution in [0, 0.1) is 18.3 Å². The van der Waals surface area contributed by atoms with Gasteiger partial charge in [0.25, 0.3) is 0 Å². The Morgan fingerprint density at radius 1 is 1.07 bits per heavy atom. The summed E-state index contributed by atoms with van der Waals surface area (Å²) >= 11 is 6.62. The molecule has 0 saturated heterocycles. The summed E-state index contributed by atoms with van der Waals surface area (Å²) < 4.78 is 5.86. The Hall–Kier alpha value is -3.62. The van der Waals surface area contributed by atoms with Crippen molar-refractivity contribution in [2.75, 3.05) is 0 Å². The van der Waals surface area contributed by atoms with E-state index in [0.29, 0.717) is 27.6 Å². The van der Waals surface area contributed by atoms with E-state index in [1.807, 2.05) is 55.5 Å². The summed E-state index contributed by atoms with van der Waals surface area (Å²) in [5.41, 5.74) is 10.5. The molecule has 0 radical (unpaired) electrons. The topological polar surface area (TPSA) is 84.8 Å². The van der Waals surface area contributed by atoms with Gasteiger partial charge in [-0.1, -0.05) is 48.0 Å². The zero-order valence-corrected chi connectivity index (χ0v) is 16.2. The van der Waals surface area contributed by atoms with Crippen LogP contribution < -0.4 is 10.5 Å². The first-order valence-electron chi connectivity index (χ1n) is 9.09. The number of benzene rings is 2. The monoisotopic (exact) mass is 398 g/mol. The van der Waals surface area contributed by atoms with Gasteiger partial charge < -0.3 is 10.5 Å². The number of nitrogens with zero attached hydrogens (tertiary/aromatic N) is 3. The largest absolute Gasteiger partial charge is 0.438 e. The van der Waals surface area contributed by atoms with Crippen LogP contribution in [-0.2, 0) is 0 Å². The van der Waals surface area contributed by atoms with E-state index in [4.69, 9.17) is 22.1 Å². The minimum Gasteiger partial charge on any atom is -0.438 e. The van der Waals surface area contributed by atoms with E-state index < -0.39 is 5.92 Å². The third kappa shape index (κ3) is 2.61. The van der Waals surface area contributed by atoms with Crippen LogP contribution in [-0.4, -0.2) is 9.97 Å². The molecule has 0 fully saturated rings. The van der Waals surface area contributed by atoms with Gasteiger partial charge in [-0.05, 0) is 24.6 Å². The average molecular weight is 399 g/mol. The molecule has 0 saturated carbocycles. The number of halogens is 1. The number of aromatic nitrogens is 2. The van der Waals surface area contributed by atoms with Crippen LogP contribution in [0.4, 0.5) is 0 Å². The number of rotatable bonds is 1. The number of ether oxygens (including phenoxy) is 1. The van der Waals surface area contributed by atoms with Crippen molar-refractivity contribution >= 4 is 33.4 Å². The molecule has 1 aliphatic heterocycles. The Labute approximate surface area is 172 Å². The molecule has 0 spiro atoms. The maximum atomic E-state index is 9.83. The van der Waals surface area contributed by atoms with Gasteiger partial charge >= 0.3 is 0 Å². The van der Waals surface area contributed by atoms with Crippen molar-refractivity contribution in [2.24, 2.45) is 5.73 Å². The smallest absolute Gasteiger partial charge is 0.205 e. The van der Waals surface area contributed by atoms with Crippen molar-refractivity contribution in [1.29, 1.82) is 5.26 Å². The molecule has 1 aliphatic rings. The minimum absolute atomic E-state index is 0.0589. The average Bonchev–Trinajstić information content (AvgIpc) is 2.73. The Morgan fingerprint density at radius 2 is 1.90 bits per heavy atom. The van der Waals surface area contributed by atoms with E-state index in [2.05, 4.69) is 16.0 Å². The van der Waals surface area contributed by atoms with Crippen LogP contribution in [0.5, 0.6) is 5.75 Å². The quantitative estimate of drug-likeness (QED) is 0.458. The van der Waals surface area contributed by atoms with Gasteiger partial charge in [-0.15, -0.1) is 0 Å². The summed E-state index contributed by atoms with van der Waals surface area (Å²) in [4.78, 5) is 9.07. The minimum atomic E-state index is -0.486. The van der Waals surface area contributed by atoms with Gasteiger partial charge in [0.05, 0.1) is 11.4 Å². The van der Waals surface area contributed by atoms with Crippen molar-refractivity contribution in [2.45, 2.75) is 12.8 Å². The van der Waals surface area contributed by atoms with Crippen LogP contribution in [0.25, 0.3) is 21.8 Å². The normalized spacial score (nSPS) is 15.8. The third-order valence-corrected chi connectivity index (χ3v) is 5.60.